The lowest BCUT2D eigenvalue weighted by Gasteiger charge is -2.16. The molecule has 0 radical (unpaired) electrons. The molecule has 3 heteroatoms. The lowest BCUT2D eigenvalue weighted by molar-refractivity contribution is 0.117. The van der Waals surface area contributed by atoms with E-state index in [-0.39, 0.29) is 11.9 Å². The van der Waals surface area contributed by atoms with Gasteiger partial charge in [-0.15, -0.1) is 0 Å². The minimum absolute atomic E-state index is 0.101. The second-order valence-corrected chi connectivity index (χ2v) is 6.28. The van der Waals surface area contributed by atoms with Crippen LogP contribution in [0.3, 0.4) is 0 Å². The number of allylic oxidation sites excluding steroid dienone is 1. The van der Waals surface area contributed by atoms with Gasteiger partial charge in [0.05, 0.1) is 18.4 Å². The SMILES string of the molecule is C=C(C)C1=CCOC1CC/C(=C/c1ccc(O)cc1)c1ccccn1. The number of aromatic nitrogens is 1. The van der Waals surface area contributed by atoms with Crippen molar-refractivity contribution in [3.8, 4) is 5.75 Å². The normalized spacial score (nSPS) is 17.4. The van der Waals surface area contributed by atoms with Crippen molar-refractivity contribution in [2.45, 2.75) is 25.9 Å². The number of benzene rings is 1. The number of rotatable bonds is 6. The van der Waals surface area contributed by atoms with Gasteiger partial charge in [0.2, 0.25) is 0 Å². The first-order valence-electron chi connectivity index (χ1n) is 8.52. The van der Waals surface area contributed by atoms with Gasteiger partial charge in [0, 0.05) is 6.20 Å². The Labute approximate surface area is 149 Å². The summed E-state index contributed by atoms with van der Waals surface area (Å²) in [7, 11) is 0. The van der Waals surface area contributed by atoms with Crippen LogP contribution in [0.5, 0.6) is 5.75 Å². The molecule has 0 amide bonds. The highest BCUT2D eigenvalue weighted by atomic mass is 16.5. The van der Waals surface area contributed by atoms with Crippen molar-refractivity contribution >= 4 is 11.6 Å². The predicted octanol–water partition coefficient (Wildman–Crippen LogP) is 5.01. The minimum Gasteiger partial charge on any atom is -0.508 e. The van der Waals surface area contributed by atoms with Crippen molar-refractivity contribution in [1.29, 1.82) is 0 Å². The second-order valence-electron chi connectivity index (χ2n) is 6.28. The molecule has 128 valence electrons. The van der Waals surface area contributed by atoms with Crippen molar-refractivity contribution in [2.24, 2.45) is 0 Å². The molecule has 0 fully saturated rings. The van der Waals surface area contributed by atoms with Crippen molar-refractivity contribution in [3.05, 3.63) is 83.7 Å². The van der Waals surface area contributed by atoms with Gasteiger partial charge >= 0.3 is 0 Å². The van der Waals surface area contributed by atoms with Crippen LogP contribution in [0.1, 0.15) is 31.0 Å². The molecule has 2 aromatic rings. The summed E-state index contributed by atoms with van der Waals surface area (Å²) < 4.78 is 5.84. The van der Waals surface area contributed by atoms with E-state index in [4.69, 9.17) is 4.74 Å². The van der Waals surface area contributed by atoms with Crippen molar-refractivity contribution in [1.82, 2.24) is 4.98 Å². The van der Waals surface area contributed by atoms with Crippen LogP contribution in [0.2, 0.25) is 0 Å². The first kappa shape index (κ1) is 17.2. The summed E-state index contributed by atoms with van der Waals surface area (Å²) >= 11 is 0. The fourth-order valence-electron chi connectivity index (χ4n) is 3.05. The van der Waals surface area contributed by atoms with E-state index < -0.39 is 0 Å². The molecule has 0 spiro atoms. The summed E-state index contributed by atoms with van der Waals surface area (Å²) in [5.41, 5.74) is 5.45. The zero-order valence-electron chi connectivity index (χ0n) is 14.5. The molecule has 1 atom stereocenters. The molecule has 1 aromatic carbocycles. The summed E-state index contributed by atoms with van der Waals surface area (Å²) in [4.78, 5) is 4.50. The number of pyridine rings is 1. The zero-order chi connectivity index (χ0) is 17.6. The largest absolute Gasteiger partial charge is 0.508 e. The molecule has 1 aliphatic rings. The van der Waals surface area contributed by atoms with E-state index in [0.717, 1.165) is 35.2 Å². The summed E-state index contributed by atoms with van der Waals surface area (Å²) in [6, 6.07) is 13.2. The van der Waals surface area contributed by atoms with Crippen molar-refractivity contribution in [2.75, 3.05) is 6.61 Å². The Balaban J connectivity index is 1.81. The van der Waals surface area contributed by atoms with Crippen LogP contribution in [0, 0.1) is 0 Å². The van der Waals surface area contributed by atoms with E-state index in [9.17, 15) is 5.11 Å². The van der Waals surface area contributed by atoms with E-state index in [1.165, 1.54) is 5.57 Å². The summed E-state index contributed by atoms with van der Waals surface area (Å²) in [5, 5.41) is 9.47. The lowest BCUT2D eigenvalue weighted by atomic mass is 9.96. The minimum atomic E-state index is 0.101. The van der Waals surface area contributed by atoms with Gasteiger partial charge in [-0.2, -0.15) is 0 Å². The van der Waals surface area contributed by atoms with Crippen LogP contribution in [0.15, 0.2) is 72.5 Å². The molecule has 0 saturated carbocycles. The van der Waals surface area contributed by atoms with Crippen molar-refractivity contribution in [3.63, 3.8) is 0 Å². The van der Waals surface area contributed by atoms with Gasteiger partial charge in [0.25, 0.3) is 0 Å². The Morgan fingerprint density at radius 3 is 2.76 bits per heavy atom. The summed E-state index contributed by atoms with van der Waals surface area (Å²) in [5.74, 6) is 0.270. The van der Waals surface area contributed by atoms with E-state index in [2.05, 4.69) is 23.7 Å². The number of phenols is 1. The Hall–Kier alpha value is -2.65. The Morgan fingerprint density at radius 1 is 1.28 bits per heavy atom. The quantitative estimate of drug-likeness (QED) is 0.808. The summed E-state index contributed by atoms with van der Waals surface area (Å²) in [6.45, 7) is 6.74. The third-order valence-corrected chi connectivity index (χ3v) is 4.34. The Morgan fingerprint density at radius 2 is 2.08 bits per heavy atom. The highest BCUT2D eigenvalue weighted by Gasteiger charge is 2.21. The number of ether oxygens (including phenoxy) is 1. The van der Waals surface area contributed by atoms with Gasteiger partial charge in [-0.1, -0.05) is 36.4 Å². The average Bonchev–Trinajstić information content (AvgIpc) is 3.10. The fraction of sp³-hybridized carbons (Fsp3) is 0.227. The van der Waals surface area contributed by atoms with E-state index >= 15 is 0 Å². The summed E-state index contributed by atoms with van der Waals surface area (Å²) in [6.07, 6.45) is 7.90. The topological polar surface area (TPSA) is 42.4 Å². The van der Waals surface area contributed by atoms with Gasteiger partial charge in [-0.25, -0.2) is 0 Å². The molecule has 1 unspecified atom stereocenters. The predicted molar refractivity (Wildman–Crippen MR) is 102 cm³/mol. The number of aromatic hydroxyl groups is 1. The fourth-order valence-corrected chi connectivity index (χ4v) is 3.05. The maximum Gasteiger partial charge on any atom is 0.115 e. The van der Waals surface area contributed by atoms with Gasteiger partial charge < -0.3 is 9.84 Å². The van der Waals surface area contributed by atoms with Gasteiger partial charge in [0.1, 0.15) is 5.75 Å². The van der Waals surface area contributed by atoms with Crippen LogP contribution < -0.4 is 0 Å². The van der Waals surface area contributed by atoms with Crippen LogP contribution in [-0.4, -0.2) is 22.8 Å². The molecule has 1 aromatic heterocycles. The highest BCUT2D eigenvalue weighted by molar-refractivity contribution is 5.80. The smallest absolute Gasteiger partial charge is 0.115 e. The van der Waals surface area contributed by atoms with E-state index in [1.54, 1.807) is 12.1 Å². The molecule has 25 heavy (non-hydrogen) atoms. The number of hydrogen-bond donors (Lipinski definition) is 1. The Bertz CT molecular complexity index is 789. The lowest BCUT2D eigenvalue weighted by Crippen LogP contribution is -2.11. The second kappa shape index (κ2) is 7.95. The molecule has 1 N–H and O–H groups in total. The zero-order valence-corrected chi connectivity index (χ0v) is 14.5. The van der Waals surface area contributed by atoms with Crippen LogP contribution >= 0.6 is 0 Å². The molecule has 1 aliphatic heterocycles. The molecular formula is C22H23NO2. The standard InChI is InChI=1S/C22H23NO2/c1-16(2)20-12-14-25-22(20)11-8-18(21-5-3-4-13-23-21)15-17-6-9-19(24)10-7-17/h3-7,9-10,12-13,15,22,24H,1,8,11,14H2,2H3/b18-15-. The highest BCUT2D eigenvalue weighted by Crippen LogP contribution is 2.29. The van der Waals surface area contributed by atoms with E-state index in [1.807, 2.05) is 43.5 Å². The van der Waals surface area contributed by atoms with Crippen LogP contribution in [0.25, 0.3) is 11.6 Å². The molecule has 0 aliphatic carbocycles. The first-order valence-corrected chi connectivity index (χ1v) is 8.52. The third kappa shape index (κ3) is 4.46. The maximum atomic E-state index is 9.47. The van der Waals surface area contributed by atoms with Gasteiger partial charge in [-0.3, -0.25) is 4.98 Å². The molecule has 3 rings (SSSR count). The Kier molecular flexibility index (Phi) is 5.46. The molecule has 3 nitrogen and oxygen atoms in total. The van der Waals surface area contributed by atoms with Gasteiger partial charge in [0.15, 0.2) is 0 Å². The average molecular weight is 333 g/mol. The number of phenolic OH excluding ortho intramolecular Hbond substituents is 1. The van der Waals surface area contributed by atoms with E-state index in [0.29, 0.717) is 6.61 Å². The monoisotopic (exact) mass is 333 g/mol. The molecule has 2 heterocycles. The van der Waals surface area contributed by atoms with Crippen LogP contribution in [-0.2, 0) is 4.74 Å². The number of hydrogen-bond acceptors (Lipinski definition) is 3. The molecule has 0 bridgehead atoms. The maximum absolute atomic E-state index is 9.47. The van der Waals surface area contributed by atoms with Crippen molar-refractivity contribution < 1.29 is 9.84 Å². The third-order valence-electron chi connectivity index (χ3n) is 4.34. The molecular weight excluding hydrogens is 310 g/mol. The first-order chi connectivity index (χ1) is 12.1. The number of nitrogens with zero attached hydrogens (tertiary/aromatic N) is 1. The van der Waals surface area contributed by atoms with Crippen LogP contribution in [0.4, 0.5) is 0 Å². The molecule has 0 saturated heterocycles. The van der Waals surface area contributed by atoms with Gasteiger partial charge in [-0.05, 0) is 66.8 Å².